The van der Waals surface area contributed by atoms with Gasteiger partial charge in [-0.15, -0.1) is 0 Å². The Morgan fingerprint density at radius 1 is 1.15 bits per heavy atom. The number of phenols is 2. The molecule has 1 amide bonds. The number of rotatable bonds is 3. The molecule has 0 aliphatic carbocycles. The summed E-state index contributed by atoms with van der Waals surface area (Å²) in [5, 5.41) is 19.5. The van der Waals surface area contributed by atoms with Crippen LogP contribution in [0, 0.1) is 0 Å². The highest BCUT2D eigenvalue weighted by Crippen LogP contribution is 2.27. The zero-order valence-corrected chi connectivity index (χ0v) is 11.5. The van der Waals surface area contributed by atoms with Crippen LogP contribution in [-0.4, -0.2) is 65.2 Å². The highest BCUT2D eigenvalue weighted by molar-refractivity contribution is 5.99. The minimum absolute atomic E-state index is 0.0141. The van der Waals surface area contributed by atoms with Crippen molar-refractivity contribution in [1.29, 1.82) is 0 Å². The van der Waals surface area contributed by atoms with Crippen LogP contribution in [0.5, 0.6) is 11.5 Å². The third-order valence-electron chi connectivity index (χ3n) is 3.56. The van der Waals surface area contributed by atoms with Crippen molar-refractivity contribution < 1.29 is 15.0 Å². The van der Waals surface area contributed by atoms with Gasteiger partial charge in [0.05, 0.1) is 0 Å². The molecule has 0 spiro atoms. The number of benzene rings is 1. The third kappa shape index (κ3) is 3.20. The van der Waals surface area contributed by atoms with E-state index in [1.165, 1.54) is 18.2 Å². The fraction of sp³-hybridized carbons (Fsp3) is 0.500. The summed E-state index contributed by atoms with van der Waals surface area (Å²) in [7, 11) is 0. The van der Waals surface area contributed by atoms with Crippen molar-refractivity contribution in [1.82, 2.24) is 9.80 Å². The van der Waals surface area contributed by atoms with Crippen LogP contribution in [0.3, 0.4) is 0 Å². The lowest BCUT2D eigenvalue weighted by atomic mass is 10.1. The van der Waals surface area contributed by atoms with Crippen LogP contribution < -0.4 is 5.73 Å². The van der Waals surface area contributed by atoms with Crippen LogP contribution >= 0.6 is 0 Å². The van der Waals surface area contributed by atoms with Crippen molar-refractivity contribution in [2.45, 2.75) is 6.42 Å². The summed E-state index contributed by atoms with van der Waals surface area (Å²) in [5.74, 6) is -0.689. The number of phenolic OH excluding ortho intramolecular Hbond substituents is 2. The van der Waals surface area contributed by atoms with Crippen molar-refractivity contribution >= 4 is 5.91 Å². The molecule has 0 saturated carbocycles. The smallest absolute Gasteiger partial charge is 0.261 e. The molecule has 6 nitrogen and oxygen atoms in total. The summed E-state index contributed by atoms with van der Waals surface area (Å²) in [6, 6.07) is 4.32. The van der Waals surface area contributed by atoms with Crippen molar-refractivity contribution in [3.8, 4) is 11.5 Å². The zero-order chi connectivity index (χ0) is 14.5. The Labute approximate surface area is 118 Å². The number of carbonyl (C=O) groups excluding carboxylic acids is 1. The first-order chi connectivity index (χ1) is 9.63. The fourth-order valence-electron chi connectivity index (χ4n) is 2.49. The zero-order valence-electron chi connectivity index (χ0n) is 11.5. The van der Waals surface area contributed by atoms with Gasteiger partial charge < -0.3 is 25.7 Å². The first-order valence-electron chi connectivity index (χ1n) is 6.86. The Morgan fingerprint density at radius 2 is 1.85 bits per heavy atom. The van der Waals surface area contributed by atoms with E-state index in [0.29, 0.717) is 19.6 Å². The van der Waals surface area contributed by atoms with E-state index in [4.69, 9.17) is 5.73 Å². The van der Waals surface area contributed by atoms with Gasteiger partial charge in [0.1, 0.15) is 17.1 Å². The second-order valence-corrected chi connectivity index (χ2v) is 4.95. The van der Waals surface area contributed by atoms with Crippen LogP contribution in [0.1, 0.15) is 16.8 Å². The van der Waals surface area contributed by atoms with E-state index in [1.54, 1.807) is 4.90 Å². The second kappa shape index (κ2) is 6.58. The highest BCUT2D eigenvalue weighted by atomic mass is 16.3. The molecule has 1 aromatic rings. The Hall–Kier alpha value is -1.79. The first kappa shape index (κ1) is 14.6. The minimum Gasteiger partial charge on any atom is -0.507 e. The standard InChI is InChI=1S/C14H21N3O3/c15-5-8-16-6-2-7-17(10-9-16)14(20)13-11(18)3-1-4-12(13)19/h1,3-4,18-19H,2,5-10,15H2. The molecule has 1 heterocycles. The Kier molecular flexibility index (Phi) is 4.81. The molecule has 1 aliphatic heterocycles. The molecule has 0 atom stereocenters. The van der Waals surface area contributed by atoms with E-state index >= 15 is 0 Å². The van der Waals surface area contributed by atoms with Crippen LogP contribution in [0.15, 0.2) is 18.2 Å². The molecule has 0 aromatic heterocycles. The molecular weight excluding hydrogens is 258 g/mol. The van der Waals surface area contributed by atoms with Crippen molar-refractivity contribution in [2.24, 2.45) is 5.73 Å². The Bertz CT molecular complexity index is 458. The lowest BCUT2D eigenvalue weighted by Crippen LogP contribution is -2.36. The molecule has 0 bridgehead atoms. The molecule has 1 aliphatic rings. The van der Waals surface area contributed by atoms with E-state index in [2.05, 4.69) is 4.90 Å². The van der Waals surface area contributed by atoms with E-state index in [0.717, 1.165) is 26.1 Å². The number of nitrogens with two attached hydrogens (primary N) is 1. The quantitative estimate of drug-likeness (QED) is 0.735. The largest absolute Gasteiger partial charge is 0.507 e. The van der Waals surface area contributed by atoms with Crippen LogP contribution in [0.2, 0.25) is 0 Å². The molecule has 1 saturated heterocycles. The van der Waals surface area contributed by atoms with Crippen LogP contribution in [0.25, 0.3) is 0 Å². The minimum atomic E-state index is -0.324. The second-order valence-electron chi connectivity index (χ2n) is 4.95. The van der Waals surface area contributed by atoms with E-state index < -0.39 is 0 Å². The predicted molar refractivity (Wildman–Crippen MR) is 75.8 cm³/mol. The van der Waals surface area contributed by atoms with Crippen LogP contribution in [-0.2, 0) is 0 Å². The lowest BCUT2D eigenvalue weighted by Gasteiger charge is -2.22. The van der Waals surface area contributed by atoms with Gasteiger partial charge >= 0.3 is 0 Å². The number of amides is 1. The Balaban J connectivity index is 2.10. The first-order valence-corrected chi connectivity index (χ1v) is 6.86. The summed E-state index contributed by atoms with van der Waals surface area (Å²) >= 11 is 0. The van der Waals surface area contributed by atoms with Gasteiger partial charge in [-0.3, -0.25) is 4.79 Å². The molecule has 0 unspecified atom stereocenters. The fourth-order valence-corrected chi connectivity index (χ4v) is 2.49. The molecule has 110 valence electrons. The number of carbonyl (C=O) groups is 1. The summed E-state index contributed by atoms with van der Waals surface area (Å²) < 4.78 is 0. The predicted octanol–water partition coefficient (Wildman–Crippen LogP) is 0.204. The molecular formula is C14H21N3O3. The summed E-state index contributed by atoms with van der Waals surface area (Å²) in [6.45, 7) is 4.30. The van der Waals surface area contributed by atoms with E-state index in [9.17, 15) is 15.0 Å². The van der Waals surface area contributed by atoms with Gasteiger partial charge in [-0.25, -0.2) is 0 Å². The molecule has 6 heteroatoms. The molecule has 4 N–H and O–H groups in total. The van der Waals surface area contributed by atoms with Gasteiger partial charge in [0.25, 0.3) is 5.91 Å². The molecule has 1 aromatic carbocycles. The van der Waals surface area contributed by atoms with E-state index in [-0.39, 0.29) is 23.0 Å². The molecule has 2 rings (SSSR count). The van der Waals surface area contributed by atoms with Gasteiger partial charge in [0, 0.05) is 32.7 Å². The number of nitrogens with zero attached hydrogens (tertiary/aromatic N) is 2. The molecule has 0 radical (unpaired) electrons. The number of aromatic hydroxyl groups is 2. The molecule has 1 fully saturated rings. The summed E-state index contributed by atoms with van der Waals surface area (Å²) in [5.41, 5.74) is 5.53. The highest BCUT2D eigenvalue weighted by Gasteiger charge is 2.24. The van der Waals surface area contributed by atoms with Gasteiger partial charge in [-0.05, 0) is 25.1 Å². The lowest BCUT2D eigenvalue weighted by molar-refractivity contribution is 0.0755. The maximum atomic E-state index is 12.4. The molecule has 20 heavy (non-hydrogen) atoms. The maximum Gasteiger partial charge on any atom is 0.261 e. The van der Waals surface area contributed by atoms with Gasteiger partial charge in [0.15, 0.2) is 0 Å². The average molecular weight is 279 g/mol. The third-order valence-corrected chi connectivity index (χ3v) is 3.56. The average Bonchev–Trinajstić information content (AvgIpc) is 2.64. The monoisotopic (exact) mass is 279 g/mol. The van der Waals surface area contributed by atoms with Crippen molar-refractivity contribution in [3.05, 3.63) is 23.8 Å². The summed E-state index contributed by atoms with van der Waals surface area (Å²) in [6.07, 6.45) is 0.861. The van der Waals surface area contributed by atoms with Crippen LogP contribution in [0.4, 0.5) is 0 Å². The number of hydrogen-bond donors (Lipinski definition) is 3. The maximum absolute atomic E-state index is 12.4. The Morgan fingerprint density at radius 3 is 2.50 bits per heavy atom. The summed E-state index contributed by atoms with van der Waals surface area (Å²) in [4.78, 5) is 16.3. The van der Waals surface area contributed by atoms with Gasteiger partial charge in [0.2, 0.25) is 0 Å². The normalized spacial score (nSPS) is 16.9. The number of hydrogen-bond acceptors (Lipinski definition) is 5. The van der Waals surface area contributed by atoms with Crippen molar-refractivity contribution in [2.75, 3.05) is 39.3 Å². The van der Waals surface area contributed by atoms with Crippen molar-refractivity contribution in [3.63, 3.8) is 0 Å². The van der Waals surface area contributed by atoms with Gasteiger partial charge in [-0.2, -0.15) is 0 Å². The topological polar surface area (TPSA) is 90.0 Å². The SMILES string of the molecule is NCCN1CCCN(C(=O)c2c(O)cccc2O)CC1. The van der Waals surface area contributed by atoms with Gasteiger partial charge in [-0.1, -0.05) is 6.07 Å². The van der Waals surface area contributed by atoms with E-state index in [1.807, 2.05) is 0 Å².